The van der Waals surface area contributed by atoms with Gasteiger partial charge in [0, 0.05) is 35.0 Å². The van der Waals surface area contributed by atoms with E-state index in [4.69, 9.17) is 0 Å². The van der Waals surface area contributed by atoms with Crippen LogP contribution >= 0.6 is 23.1 Å². The lowest BCUT2D eigenvalue weighted by Gasteiger charge is -2.25. The fourth-order valence-corrected chi connectivity index (χ4v) is 4.34. The smallest absolute Gasteiger partial charge is 0.0940 e. The van der Waals surface area contributed by atoms with E-state index in [0.29, 0.717) is 6.04 Å². The van der Waals surface area contributed by atoms with Gasteiger partial charge in [-0.05, 0) is 30.7 Å². The van der Waals surface area contributed by atoms with Crippen molar-refractivity contribution in [3.8, 4) is 0 Å². The van der Waals surface area contributed by atoms with Crippen LogP contribution < -0.4 is 5.32 Å². The van der Waals surface area contributed by atoms with Crippen molar-refractivity contribution in [3.05, 3.63) is 45.9 Å². The van der Waals surface area contributed by atoms with Crippen LogP contribution in [0.15, 0.2) is 35.4 Å². The van der Waals surface area contributed by atoms with Gasteiger partial charge < -0.3 is 5.32 Å². The highest BCUT2D eigenvalue weighted by atomic mass is 32.2. The lowest BCUT2D eigenvalue weighted by Crippen LogP contribution is -2.26. The van der Waals surface area contributed by atoms with Gasteiger partial charge in [0.15, 0.2) is 0 Å². The molecule has 19 heavy (non-hydrogen) atoms. The van der Waals surface area contributed by atoms with Crippen molar-refractivity contribution in [2.45, 2.75) is 30.7 Å². The Hall–Kier alpha value is -0.840. The third-order valence-corrected chi connectivity index (χ3v) is 5.45. The number of rotatable bonds is 4. The van der Waals surface area contributed by atoms with Crippen LogP contribution in [0.1, 0.15) is 27.9 Å². The maximum absolute atomic E-state index is 4.42. The van der Waals surface area contributed by atoms with Crippen LogP contribution in [-0.2, 0) is 6.42 Å². The summed E-state index contributed by atoms with van der Waals surface area (Å²) in [6.45, 7) is 3.12. The van der Waals surface area contributed by atoms with E-state index in [-0.39, 0.29) is 0 Å². The number of hydrogen-bond donors (Lipinski definition) is 1. The summed E-state index contributed by atoms with van der Waals surface area (Å²) in [6.07, 6.45) is 4.22. The highest BCUT2D eigenvalue weighted by Gasteiger charge is 2.19. The Balaban J connectivity index is 1.59. The summed E-state index contributed by atoms with van der Waals surface area (Å²) in [4.78, 5) is 7.16. The van der Waals surface area contributed by atoms with E-state index in [0.717, 1.165) is 13.0 Å². The summed E-state index contributed by atoms with van der Waals surface area (Å²) in [7, 11) is 0. The third kappa shape index (κ3) is 3.19. The van der Waals surface area contributed by atoms with Crippen LogP contribution in [0.3, 0.4) is 0 Å². The maximum atomic E-state index is 4.42. The fourth-order valence-electron chi connectivity index (χ4n) is 2.42. The number of fused-ring (bicyclic) bond motifs is 1. The molecular weight excluding hydrogens is 272 g/mol. The molecule has 2 nitrogen and oxygen atoms in total. The van der Waals surface area contributed by atoms with E-state index < -0.39 is 0 Å². The highest BCUT2D eigenvalue weighted by molar-refractivity contribution is 7.99. The average molecular weight is 290 g/mol. The number of benzene rings is 1. The van der Waals surface area contributed by atoms with Crippen LogP contribution in [0.5, 0.6) is 0 Å². The van der Waals surface area contributed by atoms with Gasteiger partial charge >= 0.3 is 0 Å². The van der Waals surface area contributed by atoms with Crippen molar-refractivity contribution >= 4 is 23.1 Å². The van der Waals surface area contributed by atoms with E-state index in [1.165, 1.54) is 32.5 Å². The first kappa shape index (κ1) is 13.2. The summed E-state index contributed by atoms with van der Waals surface area (Å²) in [6, 6.07) is 9.28. The number of hydrogen-bond acceptors (Lipinski definition) is 4. The van der Waals surface area contributed by atoms with Crippen molar-refractivity contribution in [1.29, 1.82) is 0 Å². The van der Waals surface area contributed by atoms with Gasteiger partial charge in [-0.3, -0.25) is 0 Å². The zero-order valence-electron chi connectivity index (χ0n) is 11.1. The number of nitrogens with one attached hydrogen (secondary N) is 1. The standard InChI is InChI=1S/C15H18N2S2/c1-11-10-17-15(19-11)6-8-16-13-7-9-18-14-5-3-2-4-12(13)14/h2-5,10,13,16H,6-9H2,1H3. The predicted molar refractivity (Wildman–Crippen MR) is 83.1 cm³/mol. The molecule has 1 aromatic carbocycles. The fraction of sp³-hybridized carbons (Fsp3) is 0.400. The molecule has 0 saturated carbocycles. The van der Waals surface area contributed by atoms with Crippen molar-refractivity contribution in [2.24, 2.45) is 0 Å². The van der Waals surface area contributed by atoms with Crippen molar-refractivity contribution in [3.63, 3.8) is 0 Å². The highest BCUT2D eigenvalue weighted by Crippen LogP contribution is 2.35. The predicted octanol–water partition coefficient (Wildman–Crippen LogP) is 3.82. The second-order valence-corrected chi connectivity index (χ2v) is 7.25. The number of thiazole rings is 1. The number of nitrogens with zero attached hydrogens (tertiary/aromatic N) is 1. The molecule has 0 spiro atoms. The van der Waals surface area contributed by atoms with Gasteiger partial charge in [0.05, 0.1) is 5.01 Å². The normalized spacial score (nSPS) is 18.3. The molecule has 4 heteroatoms. The second kappa shape index (κ2) is 6.07. The lowest BCUT2D eigenvalue weighted by molar-refractivity contribution is 0.513. The molecule has 1 atom stereocenters. The molecule has 1 N–H and O–H groups in total. The summed E-state index contributed by atoms with van der Waals surface area (Å²) >= 11 is 3.78. The number of aryl methyl sites for hydroxylation is 1. The van der Waals surface area contributed by atoms with Gasteiger partial charge in [-0.15, -0.1) is 23.1 Å². The minimum atomic E-state index is 0.513. The van der Waals surface area contributed by atoms with E-state index in [2.05, 4.69) is 41.5 Å². The molecule has 0 aliphatic carbocycles. The quantitative estimate of drug-likeness (QED) is 0.926. The molecule has 3 rings (SSSR count). The largest absolute Gasteiger partial charge is 0.309 e. The maximum Gasteiger partial charge on any atom is 0.0940 e. The van der Waals surface area contributed by atoms with Crippen molar-refractivity contribution in [1.82, 2.24) is 10.3 Å². The molecular formula is C15H18N2S2. The first-order valence-corrected chi connectivity index (χ1v) is 8.49. The Morgan fingerprint density at radius 3 is 3.11 bits per heavy atom. The molecule has 100 valence electrons. The van der Waals surface area contributed by atoms with Gasteiger partial charge in [0.1, 0.15) is 0 Å². The van der Waals surface area contributed by atoms with Crippen LogP contribution in [0.4, 0.5) is 0 Å². The summed E-state index contributed by atoms with van der Waals surface area (Å²) < 4.78 is 0. The molecule has 1 aromatic heterocycles. The minimum Gasteiger partial charge on any atom is -0.309 e. The lowest BCUT2D eigenvalue weighted by atomic mass is 10.0. The molecule has 0 bridgehead atoms. The number of aromatic nitrogens is 1. The first-order valence-electron chi connectivity index (χ1n) is 6.69. The minimum absolute atomic E-state index is 0.513. The zero-order valence-corrected chi connectivity index (χ0v) is 12.7. The van der Waals surface area contributed by atoms with Gasteiger partial charge in [-0.2, -0.15) is 0 Å². The van der Waals surface area contributed by atoms with Crippen molar-refractivity contribution < 1.29 is 0 Å². The molecule has 0 saturated heterocycles. The van der Waals surface area contributed by atoms with Crippen LogP contribution in [-0.4, -0.2) is 17.3 Å². The van der Waals surface area contributed by atoms with E-state index in [1.807, 2.05) is 18.0 Å². The van der Waals surface area contributed by atoms with Gasteiger partial charge in [0.2, 0.25) is 0 Å². The summed E-state index contributed by atoms with van der Waals surface area (Å²) in [5, 5.41) is 4.93. The molecule has 1 unspecified atom stereocenters. The summed E-state index contributed by atoms with van der Waals surface area (Å²) in [5.74, 6) is 1.21. The Morgan fingerprint density at radius 2 is 2.26 bits per heavy atom. The molecule has 0 fully saturated rings. The monoisotopic (exact) mass is 290 g/mol. The zero-order chi connectivity index (χ0) is 13.1. The Labute approximate surface area is 122 Å². The third-order valence-electron chi connectivity index (χ3n) is 3.36. The van der Waals surface area contributed by atoms with Gasteiger partial charge in [-0.25, -0.2) is 4.98 Å². The molecule has 1 aliphatic heterocycles. The Bertz CT molecular complexity index is 551. The topological polar surface area (TPSA) is 24.9 Å². The molecule has 0 radical (unpaired) electrons. The average Bonchev–Trinajstić information content (AvgIpc) is 2.85. The van der Waals surface area contributed by atoms with Crippen LogP contribution in [0.2, 0.25) is 0 Å². The van der Waals surface area contributed by atoms with Gasteiger partial charge in [0.25, 0.3) is 0 Å². The molecule has 1 aliphatic rings. The molecule has 0 amide bonds. The van der Waals surface area contributed by atoms with E-state index in [1.54, 1.807) is 11.3 Å². The number of thioether (sulfide) groups is 1. The van der Waals surface area contributed by atoms with E-state index >= 15 is 0 Å². The van der Waals surface area contributed by atoms with E-state index in [9.17, 15) is 0 Å². The van der Waals surface area contributed by atoms with Crippen molar-refractivity contribution in [2.75, 3.05) is 12.3 Å². The van der Waals surface area contributed by atoms with Crippen LogP contribution in [0, 0.1) is 6.92 Å². The SMILES string of the molecule is Cc1cnc(CCNC2CCSc3ccccc32)s1. The Morgan fingerprint density at radius 1 is 1.37 bits per heavy atom. The van der Waals surface area contributed by atoms with Gasteiger partial charge in [-0.1, -0.05) is 18.2 Å². The summed E-state index contributed by atoms with van der Waals surface area (Å²) in [5.41, 5.74) is 1.47. The van der Waals surface area contributed by atoms with Crippen LogP contribution in [0.25, 0.3) is 0 Å². The Kier molecular flexibility index (Phi) is 4.21. The first-order chi connectivity index (χ1) is 9.33. The second-order valence-electron chi connectivity index (χ2n) is 4.80. The molecule has 2 heterocycles. The molecule has 2 aromatic rings.